The predicted molar refractivity (Wildman–Crippen MR) is 104 cm³/mol. The van der Waals surface area contributed by atoms with Crippen LogP contribution in [-0.4, -0.2) is 46.5 Å². The van der Waals surface area contributed by atoms with Crippen LogP contribution in [0, 0.1) is 45.6 Å². The van der Waals surface area contributed by atoms with E-state index in [9.17, 15) is 29.3 Å². The second-order valence-corrected chi connectivity index (χ2v) is 8.62. The Morgan fingerprint density at radius 1 is 1.10 bits per heavy atom. The van der Waals surface area contributed by atoms with Gasteiger partial charge < -0.3 is 4.74 Å². The fourth-order valence-corrected chi connectivity index (χ4v) is 5.54. The third-order valence-electron chi connectivity index (χ3n) is 7.04. The maximum absolute atomic E-state index is 12.9. The van der Waals surface area contributed by atoms with Crippen LogP contribution < -0.4 is 0 Å². The molecule has 0 N–H and O–H groups in total. The van der Waals surface area contributed by atoms with Crippen molar-refractivity contribution in [1.29, 1.82) is 0 Å². The quantitative estimate of drug-likeness (QED) is 0.163. The highest BCUT2D eigenvalue weighted by atomic mass is 16.6. The standard InChI is InChI=1S/C22H20N2O7/c25-17(11-2-1-3-12(8-11)24(29)30)10-31-18(26)6-7-23-21(27)19-13-4-5-14(16-9-15(13)16)20(19)22(23)28/h1-5,8,13-16,19-20H,6-7,9-10H2/t13-,14-,15-,16-,19-,20+/m0/s1. The van der Waals surface area contributed by atoms with Crippen molar-refractivity contribution in [3.8, 4) is 0 Å². The summed E-state index contributed by atoms with van der Waals surface area (Å²) in [6.07, 6.45) is 5.06. The average molecular weight is 424 g/mol. The zero-order valence-electron chi connectivity index (χ0n) is 16.5. The molecule has 1 aliphatic heterocycles. The normalized spacial score (nSPS) is 31.9. The van der Waals surface area contributed by atoms with E-state index in [2.05, 4.69) is 12.2 Å². The molecule has 2 saturated carbocycles. The lowest BCUT2D eigenvalue weighted by Crippen LogP contribution is -2.40. The smallest absolute Gasteiger partial charge is 0.308 e. The van der Waals surface area contributed by atoms with Gasteiger partial charge in [-0.1, -0.05) is 24.3 Å². The number of nitro benzene ring substituents is 1. The minimum atomic E-state index is -0.710. The zero-order valence-corrected chi connectivity index (χ0v) is 16.5. The first-order valence-corrected chi connectivity index (χ1v) is 10.3. The topological polar surface area (TPSA) is 124 Å². The van der Waals surface area contributed by atoms with Crippen molar-refractivity contribution in [3.63, 3.8) is 0 Å². The molecule has 1 heterocycles. The first kappa shape index (κ1) is 19.6. The highest BCUT2D eigenvalue weighted by Crippen LogP contribution is 2.65. The lowest BCUT2D eigenvalue weighted by atomic mass is 9.63. The molecule has 4 aliphatic carbocycles. The van der Waals surface area contributed by atoms with Crippen LogP contribution in [0.4, 0.5) is 5.69 Å². The Balaban J connectivity index is 1.15. The second-order valence-electron chi connectivity index (χ2n) is 8.62. The average Bonchev–Trinajstić information content (AvgIpc) is 3.55. The van der Waals surface area contributed by atoms with E-state index in [0.717, 1.165) is 12.5 Å². The van der Waals surface area contributed by atoms with Crippen molar-refractivity contribution >= 4 is 29.3 Å². The number of ether oxygens (including phenoxy) is 1. The molecule has 5 aliphatic rings. The molecule has 2 amide bonds. The molecular weight excluding hydrogens is 404 g/mol. The third-order valence-corrected chi connectivity index (χ3v) is 7.04. The molecule has 9 heteroatoms. The summed E-state index contributed by atoms with van der Waals surface area (Å²) in [6.45, 7) is -0.631. The van der Waals surface area contributed by atoms with Gasteiger partial charge in [0, 0.05) is 24.2 Å². The number of benzene rings is 1. The van der Waals surface area contributed by atoms with Crippen molar-refractivity contribution in [3.05, 3.63) is 52.1 Å². The monoisotopic (exact) mass is 424 g/mol. The van der Waals surface area contributed by atoms with Crippen LogP contribution in [0.1, 0.15) is 23.2 Å². The Morgan fingerprint density at radius 2 is 1.74 bits per heavy atom. The molecule has 160 valence electrons. The summed E-state index contributed by atoms with van der Waals surface area (Å²) in [6, 6.07) is 5.16. The highest BCUT2D eigenvalue weighted by molar-refractivity contribution is 6.06. The van der Waals surface area contributed by atoms with E-state index in [1.165, 1.54) is 23.1 Å². The predicted octanol–water partition coefficient (Wildman–Crippen LogP) is 1.76. The summed E-state index contributed by atoms with van der Waals surface area (Å²) in [5.41, 5.74) is -0.164. The number of imide groups is 1. The summed E-state index contributed by atoms with van der Waals surface area (Å²) in [5.74, 6) is -1.04. The number of nitro groups is 1. The minimum Gasteiger partial charge on any atom is -0.457 e. The first-order valence-electron chi connectivity index (χ1n) is 10.3. The van der Waals surface area contributed by atoms with Crippen molar-refractivity contribution in [2.45, 2.75) is 12.8 Å². The minimum absolute atomic E-state index is 0.0662. The lowest BCUT2D eigenvalue weighted by Gasteiger charge is -2.37. The molecular formula is C22H20N2O7. The van der Waals surface area contributed by atoms with Crippen LogP contribution >= 0.6 is 0 Å². The maximum atomic E-state index is 12.9. The van der Waals surface area contributed by atoms with Crippen LogP contribution in [0.15, 0.2) is 36.4 Å². The number of non-ortho nitro benzene ring substituents is 1. The maximum Gasteiger partial charge on any atom is 0.308 e. The van der Waals surface area contributed by atoms with Gasteiger partial charge in [-0.25, -0.2) is 0 Å². The number of likely N-dealkylation sites (tertiary alicyclic amines) is 1. The number of carbonyl (C=O) groups is 4. The summed E-state index contributed by atoms with van der Waals surface area (Å²) in [7, 11) is 0. The number of nitrogens with zero attached hydrogens (tertiary/aromatic N) is 2. The number of rotatable bonds is 7. The summed E-state index contributed by atoms with van der Waals surface area (Å²) >= 11 is 0. The summed E-state index contributed by atoms with van der Waals surface area (Å²) < 4.78 is 4.97. The van der Waals surface area contributed by atoms with E-state index >= 15 is 0 Å². The largest absolute Gasteiger partial charge is 0.457 e. The number of esters is 1. The van der Waals surface area contributed by atoms with E-state index in [4.69, 9.17) is 4.74 Å². The fraction of sp³-hybridized carbons (Fsp3) is 0.455. The van der Waals surface area contributed by atoms with Gasteiger partial charge in [-0.05, 0) is 30.1 Å². The molecule has 2 bridgehead atoms. The molecule has 1 aromatic carbocycles. The molecule has 1 aromatic rings. The second kappa shape index (κ2) is 7.11. The third kappa shape index (κ3) is 3.15. The Hall–Kier alpha value is -3.36. The van der Waals surface area contributed by atoms with E-state index in [1.807, 2.05) is 0 Å². The molecule has 1 saturated heterocycles. The molecule has 6 rings (SSSR count). The van der Waals surface area contributed by atoms with E-state index in [0.29, 0.717) is 11.8 Å². The highest BCUT2D eigenvalue weighted by Gasteiger charge is 2.66. The molecule has 31 heavy (non-hydrogen) atoms. The van der Waals surface area contributed by atoms with E-state index in [1.54, 1.807) is 0 Å². The number of amides is 2. The summed E-state index contributed by atoms with van der Waals surface area (Å²) in [4.78, 5) is 61.3. The summed E-state index contributed by atoms with van der Waals surface area (Å²) in [5, 5.41) is 10.8. The van der Waals surface area contributed by atoms with E-state index in [-0.39, 0.29) is 59.7 Å². The van der Waals surface area contributed by atoms with Crippen molar-refractivity contribution in [2.24, 2.45) is 35.5 Å². The van der Waals surface area contributed by atoms with Crippen molar-refractivity contribution in [1.82, 2.24) is 4.90 Å². The van der Waals surface area contributed by atoms with Crippen LogP contribution in [0.25, 0.3) is 0 Å². The molecule has 0 aromatic heterocycles. The molecule has 3 fully saturated rings. The van der Waals surface area contributed by atoms with Gasteiger partial charge in [0.15, 0.2) is 6.61 Å². The molecule has 0 unspecified atom stereocenters. The van der Waals surface area contributed by atoms with Gasteiger partial charge in [0.2, 0.25) is 17.6 Å². The zero-order chi connectivity index (χ0) is 21.9. The number of Topliss-reactive ketones (excluding diaryl/α,β-unsaturated/α-hetero) is 1. The molecule has 0 radical (unpaired) electrons. The van der Waals surface area contributed by atoms with E-state index < -0.39 is 23.3 Å². The molecule has 6 atom stereocenters. The molecule has 9 nitrogen and oxygen atoms in total. The van der Waals surface area contributed by atoms with Gasteiger partial charge in [0.05, 0.1) is 23.2 Å². The van der Waals surface area contributed by atoms with Crippen LogP contribution in [0.3, 0.4) is 0 Å². The van der Waals surface area contributed by atoms with Gasteiger partial charge in [-0.2, -0.15) is 0 Å². The van der Waals surface area contributed by atoms with Gasteiger partial charge in [0.1, 0.15) is 0 Å². The van der Waals surface area contributed by atoms with Crippen LogP contribution in [0.5, 0.6) is 0 Å². The van der Waals surface area contributed by atoms with Gasteiger partial charge in [-0.3, -0.25) is 34.2 Å². The Kier molecular flexibility index (Phi) is 4.49. The fourth-order valence-electron chi connectivity index (χ4n) is 5.54. The van der Waals surface area contributed by atoms with Gasteiger partial charge in [-0.15, -0.1) is 0 Å². The number of carbonyl (C=O) groups excluding carboxylic acids is 4. The first-order chi connectivity index (χ1) is 14.9. The number of ketones is 1. The van der Waals surface area contributed by atoms with Crippen LogP contribution in [-0.2, 0) is 19.1 Å². The van der Waals surface area contributed by atoms with Crippen molar-refractivity contribution in [2.75, 3.05) is 13.2 Å². The number of allylic oxidation sites excluding steroid dienone is 2. The van der Waals surface area contributed by atoms with Crippen LogP contribution in [0.2, 0.25) is 0 Å². The lowest BCUT2D eigenvalue weighted by molar-refractivity contribution is -0.384. The Labute approximate surface area is 177 Å². The molecule has 0 spiro atoms. The number of hydrogen-bond donors (Lipinski definition) is 0. The Bertz CT molecular complexity index is 1010. The van der Waals surface area contributed by atoms with Crippen molar-refractivity contribution < 1.29 is 28.8 Å². The SMILES string of the molecule is O=C(CCN1C(=O)[C@@H]2[C@H]3C=C[C@@H]([C@@H]4C[C@@H]34)[C@@H]2C1=O)OCC(=O)c1cccc([N+](=O)[O-])c1. The Morgan fingerprint density at radius 3 is 2.35 bits per heavy atom. The van der Waals surface area contributed by atoms with Gasteiger partial charge in [0.25, 0.3) is 5.69 Å². The van der Waals surface area contributed by atoms with Gasteiger partial charge >= 0.3 is 5.97 Å². The number of hydrogen-bond acceptors (Lipinski definition) is 7.